The Morgan fingerprint density at radius 2 is 2.04 bits per heavy atom. The summed E-state index contributed by atoms with van der Waals surface area (Å²) in [6.07, 6.45) is 7.03. The van der Waals surface area contributed by atoms with Crippen LogP contribution >= 0.6 is 22.6 Å². The van der Waals surface area contributed by atoms with Gasteiger partial charge in [0.05, 0.1) is 11.6 Å². The first-order valence-corrected chi connectivity index (χ1v) is 9.92. The molecule has 3 heterocycles. The van der Waals surface area contributed by atoms with Crippen molar-refractivity contribution in [3.63, 3.8) is 0 Å². The second-order valence-corrected chi connectivity index (χ2v) is 8.53. The molecule has 0 aromatic carbocycles. The van der Waals surface area contributed by atoms with E-state index in [9.17, 15) is 0 Å². The average Bonchev–Trinajstić information content (AvgIpc) is 3.06. The number of aromatic amines is 1. The van der Waals surface area contributed by atoms with Gasteiger partial charge in [0.15, 0.2) is 5.65 Å². The van der Waals surface area contributed by atoms with Crippen LogP contribution in [0.1, 0.15) is 19.3 Å². The van der Waals surface area contributed by atoms with Crippen LogP contribution in [0.2, 0.25) is 0 Å². The molecule has 1 aliphatic heterocycles. The summed E-state index contributed by atoms with van der Waals surface area (Å²) in [4.78, 5) is 13.8. The highest BCUT2D eigenvalue weighted by molar-refractivity contribution is 14.1. The van der Waals surface area contributed by atoms with E-state index in [0.29, 0.717) is 9.97 Å². The molecule has 3 unspecified atom stereocenters. The minimum atomic E-state index is 0.476. The summed E-state index contributed by atoms with van der Waals surface area (Å²) < 4.78 is 0.680. The molecule has 130 valence electrons. The van der Waals surface area contributed by atoms with Gasteiger partial charge in [-0.15, -0.1) is 0 Å². The van der Waals surface area contributed by atoms with Gasteiger partial charge >= 0.3 is 0 Å². The molecular weight excluding hydrogens is 417 g/mol. The Balaban J connectivity index is 1.39. The van der Waals surface area contributed by atoms with Crippen LogP contribution in [0.5, 0.6) is 0 Å². The summed E-state index contributed by atoms with van der Waals surface area (Å²) in [7, 11) is 2.22. The molecule has 8 heteroatoms. The van der Waals surface area contributed by atoms with Gasteiger partial charge in [0.25, 0.3) is 0 Å². The van der Waals surface area contributed by atoms with Crippen LogP contribution in [-0.2, 0) is 0 Å². The topological polar surface area (TPSA) is 73.0 Å². The van der Waals surface area contributed by atoms with Crippen LogP contribution in [0.4, 0.5) is 5.82 Å². The van der Waals surface area contributed by atoms with Gasteiger partial charge in [-0.2, -0.15) is 5.10 Å². The largest absolute Gasteiger partial charge is 0.367 e. The lowest BCUT2D eigenvalue weighted by atomic mass is 9.89. The van der Waals surface area contributed by atoms with Gasteiger partial charge in [-0.1, -0.05) is 22.6 Å². The van der Waals surface area contributed by atoms with Crippen LogP contribution in [-0.4, -0.2) is 79.2 Å². The third kappa shape index (κ3) is 3.36. The molecular formula is C16H24IN7. The molecule has 4 rings (SSSR count). The first-order chi connectivity index (χ1) is 11.7. The molecule has 1 saturated carbocycles. The number of rotatable bonds is 3. The number of alkyl halides is 1. The molecule has 2 aromatic rings. The van der Waals surface area contributed by atoms with E-state index in [-0.39, 0.29) is 0 Å². The summed E-state index contributed by atoms with van der Waals surface area (Å²) in [5.74, 6) is 0.903. The van der Waals surface area contributed by atoms with E-state index in [0.717, 1.165) is 22.9 Å². The summed E-state index contributed by atoms with van der Waals surface area (Å²) in [5.41, 5.74) is 0.796. The van der Waals surface area contributed by atoms with E-state index in [1.807, 2.05) is 0 Å². The molecule has 2 aliphatic rings. The van der Waals surface area contributed by atoms with Gasteiger partial charge in [0.2, 0.25) is 0 Å². The van der Waals surface area contributed by atoms with Crippen molar-refractivity contribution in [2.24, 2.45) is 0 Å². The van der Waals surface area contributed by atoms with E-state index >= 15 is 0 Å². The Labute approximate surface area is 155 Å². The minimum absolute atomic E-state index is 0.476. The van der Waals surface area contributed by atoms with Crippen LogP contribution in [0.25, 0.3) is 11.0 Å². The lowest BCUT2D eigenvalue weighted by Gasteiger charge is -2.43. The van der Waals surface area contributed by atoms with Crippen LogP contribution in [0.15, 0.2) is 12.5 Å². The smallest absolute Gasteiger partial charge is 0.160 e. The molecule has 1 aliphatic carbocycles. The van der Waals surface area contributed by atoms with Crippen LogP contribution in [0.3, 0.4) is 0 Å². The summed E-state index contributed by atoms with van der Waals surface area (Å²) in [6, 6.07) is 1.19. The molecule has 2 aromatic heterocycles. The maximum Gasteiger partial charge on any atom is 0.160 e. The molecule has 24 heavy (non-hydrogen) atoms. The molecule has 1 saturated heterocycles. The molecule has 0 radical (unpaired) electrons. The molecule has 0 amide bonds. The standard InChI is InChI=1S/C16H24IN7/c1-23-4-6-24(7-5-23)14-3-2-11(8-13(14)17)21-15-12-9-20-22-16(12)19-10-18-15/h9-11,13-14H,2-8H2,1H3,(H2,18,19,20,21,22). The Bertz CT molecular complexity index is 682. The maximum absolute atomic E-state index is 4.41. The van der Waals surface area contributed by atoms with E-state index < -0.39 is 0 Å². The van der Waals surface area contributed by atoms with E-state index in [2.05, 4.69) is 64.9 Å². The van der Waals surface area contributed by atoms with E-state index in [1.54, 1.807) is 12.5 Å². The highest BCUT2D eigenvalue weighted by Gasteiger charge is 2.34. The lowest BCUT2D eigenvalue weighted by molar-refractivity contribution is 0.0953. The van der Waals surface area contributed by atoms with Crippen molar-refractivity contribution in [2.45, 2.75) is 35.3 Å². The third-order valence-electron chi connectivity index (χ3n) is 5.33. The van der Waals surface area contributed by atoms with Gasteiger partial charge in [-0.25, -0.2) is 9.97 Å². The Morgan fingerprint density at radius 3 is 2.83 bits per heavy atom. The third-order valence-corrected chi connectivity index (χ3v) is 6.67. The summed E-state index contributed by atoms with van der Waals surface area (Å²) in [5, 5.41) is 11.6. The summed E-state index contributed by atoms with van der Waals surface area (Å²) >= 11 is 2.65. The number of piperazine rings is 1. The van der Waals surface area contributed by atoms with Crippen molar-refractivity contribution in [1.29, 1.82) is 0 Å². The van der Waals surface area contributed by atoms with Gasteiger partial charge in [0.1, 0.15) is 12.1 Å². The number of anilines is 1. The van der Waals surface area contributed by atoms with E-state index in [1.165, 1.54) is 45.4 Å². The first-order valence-electron chi connectivity index (χ1n) is 8.68. The predicted octanol–water partition coefficient (Wildman–Crippen LogP) is 1.74. The number of fused-ring (bicyclic) bond motifs is 1. The Kier molecular flexibility index (Phi) is 4.86. The highest BCUT2D eigenvalue weighted by atomic mass is 127. The second kappa shape index (κ2) is 7.09. The normalized spacial score (nSPS) is 29.8. The van der Waals surface area contributed by atoms with Crippen molar-refractivity contribution in [2.75, 3.05) is 38.5 Å². The number of nitrogens with zero attached hydrogens (tertiary/aromatic N) is 5. The maximum atomic E-state index is 4.41. The zero-order valence-corrected chi connectivity index (χ0v) is 16.1. The predicted molar refractivity (Wildman–Crippen MR) is 104 cm³/mol. The lowest BCUT2D eigenvalue weighted by Crippen LogP contribution is -2.54. The quantitative estimate of drug-likeness (QED) is 0.559. The van der Waals surface area contributed by atoms with Crippen LogP contribution < -0.4 is 5.32 Å². The number of hydrogen-bond donors (Lipinski definition) is 2. The molecule has 7 nitrogen and oxygen atoms in total. The number of likely N-dealkylation sites (N-methyl/N-ethyl adjacent to an activating group) is 1. The van der Waals surface area contributed by atoms with Crippen LogP contribution in [0, 0.1) is 0 Å². The average molecular weight is 441 g/mol. The number of halogens is 1. The van der Waals surface area contributed by atoms with Crippen molar-refractivity contribution < 1.29 is 0 Å². The summed E-state index contributed by atoms with van der Waals surface area (Å²) in [6.45, 7) is 4.81. The highest BCUT2D eigenvalue weighted by Crippen LogP contribution is 2.32. The fourth-order valence-electron chi connectivity index (χ4n) is 3.87. The molecule has 3 atom stereocenters. The zero-order valence-electron chi connectivity index (χ0n) is 14.0. The molecule has 0 bridgehead atoms. The minimum Gasteiger partial charge on any atom is -0.367 e. The Morgan fingerprint density at radius 1 is 1.21 bits per heavy atom. The van der Waals surface area contributed by atoms with Crippen molar-refractivity contribution in [3.05, 3.63) is 12.5 Å². The van der Waals surface area contributed by atoms with Gasteiger partial charge in [-0.05, 0) is 26.3 Å². The fourth-order valence-corrected chi connectivity index (χ4v) is 5.30. The SMILES string of the molecule is CN1CCN(C2CCC(Nc3ncnc4[nH]ncc34)CC2I)CC1. The van der Waals surface area contributed by atoms with Gasteiger partial charge < -0.3 is 10.2 Å². The van der Waals surface area contributed by atoms with Crippen molar-refractivity contribution >= 4 is 39.4 Å². The van der Waals surface area contributed by atoms with E-state index in [4.69, 9.17) is 0 Å². The van der Waals surface area contributed by atoms with Gasteiger partial charge in [0, 0.05) is 42.2 Å². The second-order valence-electron chi connectivity index (χ2n) is 6.93. The van der Waals surface area contributed by atoms with Gasteiger partial charge in [-0.3, -0.25) is 10.00 Å². The first kappa shape index (κ1) is 16.5. The molecule has 2 fully saturated rings. The Hall–Kier alpha value is -1.00. The number of H-pyrrole nitrogens is 1. The van der Waals surface area contributed by atoms with Crippen molar-refractivity contribution in [1.82, 2.24) is 30.0 Å². The molecule has 2 N–H and O–H groups in total. The zero-order chi connectivity index (χ0) is 16.5. The fraction of sp³-hybridized carbons (Fsp3) is 0.688. The monoisotopic (exact) mass is 441 g/mol. The van der Waals surface area contributed by atoms with Crippen molar-refractivity contribution in [3.8, 4) is 0 Å². The number of aromatic nitrogens is 4. The molecule has 0 spiro atoms. The number of hydrogen-bond acceptors (Lipinski definition) is 6. The number of nitrogens with one attached hydrogen (secondary N) is 2.